The maximum Gasteiger partial charge on any atom is 0.282 e. The third-order valence-electron chi connectivity index (χ3n) is 6.19. The highest BCUT2D eigenvalue weighted by atomic mass is 32.2. The molecule has 3 fully saturated rings. The molecule has 31 heavy (non-hydrogen) atoms. The molecule has 170 valence electrons. The zero-order chi connectivity index (χ0) is 21.8. The van der Waals surface area contributed by atoms with E-state index in [0.717, 1.165) is 18.4 Å². The Labute approximate surface area is 183 Å². The lowest BCUT2D eigenvalue weighted by molar-refractivity contribution is -0.148. The number of amides is 2. The molecule has 0 aromatic heterocycles. The van der Waals surface area contributed by atoms with Crippen molar-refractivity contribution < 1.29 is 22.7 Å². The molecule has 1 unspecified atom stereocenters. The molecule has 1 aromatic carbocycles. The molecule has 3 aliphatic rings. The number of likely N-dealkylation sites (tertiary alicyclic amines) is 1. The van der Waals surface area contributed by atoms with Crippen molar-refractivity contribution in [2.45, 2.75) is 25.3 Å². The molecule has 3 heterocycles. The number of carbonyl (C=O) groups is 2. The van der Waals surface area contributed by atoms with Crippen molar-refractivity contribution in [2.75, 3.05) is 59.0 Å². The summed E-state index contributed by atoms with van der Waals surface area (Å²) in [4.78, 5) is 29.5. The fourth-order valence-corrected chi connectivity index (χ4v) is 6.01. The first kappa shape index (κ1) is 22.2. The first-order valence-corrected chi connectivity index (χ1v) is 12.3. The Balaban J connectivity index is 1.47. The Morgan fingerprint density at radius 1 is 0.871 bits per heavy atom. The minimum absolute atomic E-state index is 0.00184. The summed E-state index contributed by atoms with van der Waals surface area (Å²) >= 11 is 0. The first-order valence-electron chi connectivity index (χ1n) is 10.9. The molecule has 3 aliphatic heterocycles. The Bertz CT molecular complexity index is 880. The van der Waals surface area contributed by atoms with Gasteiger partial charge in [0, 0.05) is 52.2 Å². The maximum atomic E-state index is 13.5. The second-order valence-corrected chi connectivity index (χ2v) is 10.0. The molecular formula is C21H30N4O5S. The lowest BCUT2D eigenvalue weighted by atomic mass is 9.99. The lowest BCUT2D eigenvalue weighted by Crippen LogP contribution is -2.57. The second-order valence-electron chi connectivity index (χ2n) is 8.10. The standard InChI is InChI=1S/C21H30N4O5S/c26-19-8-4-5-9-25(19)20(18-6-2-1-3-7-18)21(27)22-10-12-23(13-11-22)31(28,29)24-14-16-30-17-15-24/h1-3,6-7,20H,4-5,8-17H2. The predicted molar refractivity (Wildman–Crippen MR) is 114 cm³/mol. The third kappa shape index (κ3) is 4.77. The summed E-state index contributed by atoms with van der Waals surface area (Å²) in [6.45, 7) is 3.21. The van der Waals surface area contributed by atoms with Gasteiger partial charge in [-0.15, -0.1) is 0 Å². The number of hydrogen-bond donors (Lipinski definition) is 0. The highest BCUT2D eigenvalue weighted by Gasteiger charge is 2.39. The van der Waals surface area contributed by atoms with Crippen LogP contribution < -0.4 is 0 Å². The average molecular weight is 451 g/mol. The van der Waals surface area contributed by atoms with E-state index in [2.05, 4.69) is 0 Å². The van der Waals surface area contributed by atoms with Crippen LogP contribution >= 0.6 is 0 Å². The van der Waals surface area contributed by atoms with Crippen LogP contribution in [0.25, 0.3) is 0 Å². The lowest BCUT2D eigenvalue weighted by Gasteiger charge is -2.41. The first-order chi connectivity index (χ1) is 15.0. The smallest absolute Gasteiger partial charge is 0.282 e. The summed E-state index contributed by atoms with van der Waals surface area (Å²) < 4.78 is 34.0. The topological polar surface area (TPSA) is 90.5 Å². The quantitative estimate of drug-likeness (QED) is 0.650. The van der Waals surface area contributed by atoms with E-state index in [1.54, 1.807) is 9.80 Å². The van der Waals surface area contributed by atoms with Gasteiger partial charge in [-0.25, -0.2) is 0 Å². The molecule has 0 radical (unpaired) electrons. The number of rotatable bonds is 5. The Kier molecular flexibility index (Phi) is 6.90. The number of ether oxygens (including phenoxy) is 1. The maximum absolute atomic E-state index is 13.5. The summed E-state index contributed by atoms with van der Waals surface area (Å²) in [6.07, 6.45) is 2.19. The number of hydrogen-bond acceptors (Lipinski definition) is 5. The van der Waals surface area contributed by atoms with E-state index >= 15 is 0 Å². The number of carbonyl (C=O) groups excluding carboxylic acids is 2. The summed E-state index contributed by atoms with van der Waals surface area (Å²) in [5.41, 5.74) is 0.797. The van der Waals surface area contributed by atoms with Gasteiger partial charge in [-0.1, -0.05) is 30.3 Å². The molecule has 9 nitrogen and oxygen atoms in total. The van der Waals surface area contributed by atoms with Crippen molar-refractivity contribution in [1.82, 2.24) is 18.4 Å². The second kappa shape index (κ2) is 9.64. The SMILES string of the molecule is O=C(C(c1ccccc1)N1CCCCC1=O)N1CCN(S(=O)(=O)N2CCOCC2)CC1. The summed E-state index contributed by atoms with van der Waals surface area (Å²) in [5.74, 6) is -0.133. The normalized spacial score (nSPS) is 23.0. The molecule has 1 atom stereocenters. The van der Waals surface area contributed by atoms with Crippen LogP contribution in [-0.4, -0.2) is 97.7 Å². The van der Waals surface area contributed by atoms with Gasteiger partial charge in [0.2, 0.25) is 11.8 Å². The van der Waals surface area contributed by atoms with Gasteiger partial charge in [0.25, 0.3) is 10.2 Å². The molecule has 3 saturated heterocycles. The van der Waals surface area contributed by atoms with Crippen molar-refractivity contribution in [1.29, 1.82) is 0 Å². The van der Waals surface area contributed by atoms with E-state index in [9.17, 15) is 18.0 Å². The van der Waals surface area contributed by atoms with Crippen molar-refractivity contribution in [3.05, 3.63) is 35.9 Å². The van der Waals surface area contributed by atoms with Crippen molar-refractivity contribution >= 4 is 22.0 Å². The fourth-order valence-electron chi connectivity index (χ4n) is 4.44. The summed E-state index contributed by atoms with van der Waals surface area (Å²) in [6, 6.07) is 8.73. The molecular weight excluding hydrogens is 420 g/mol. The van der Waals surface area contributed by atoms with Crippen LogP contribution in [0.3, 0.4) is 0 Å². The van der Waals surface area contributed by atoms with Crippen LogP contribution in [-0.2, 0) is 24.5 Å². The number of nitrogens with zero attached hydrogens (tertiary/aromatic N) is 4. The van der Waals surface area contributed by atoms with Crippen LogP contribution in [0.4, 0.5) is 0 Å². The molecule has 4 rings (SSSR count). The number of benzene rings is 1. The highest BCUT2D eigenvalue weighted by molar-refractivity contribution is 7.86. The van der Waals surface area contributed by atoms with Crippen molar-refractivity contribution in [3.63, 3.8) is 0 Å². The zero-order valence-corrected chi connectivity index (χ0v) is 18.5. The van der Waals surface area contributed by atoms with Gasteiger partial charge in [-0.2, -0.15) is 17.0 Å². The highest BCUT2D eigenvalue weighted by Crippen LogP contribution is 2.28. The number of morpholine rings is 1. The molecule has 0 N–H and O–H groups in total. The van der Waals surface area contributed by atoms with E-state index < -0.39 is 16.3 Å². The zero-order valence-electron chi connectivity index (χ0n) is 17.7. The van der Waals surface area contributed by atoms with E-state index in [1.807, 2.05) is 30.3 Å². The third-order valence-corrected chi connectivity index (χ3v) is 8.23. The van der Waals surface area contributed by atoms with Crippen LogP contribution in [0.15, 0.2) is 30.3 Å². The van der Waals surface area contributed by atoms with E-state index in [0.29, 0.717) is 52.4 Å². The van der Waals surface area contributed by atoms with Crippen LogP contribution in [0.5, 0.6) is 0 Å². The van der Waals surface area contributed by atoms with Gasteiger partial charge in [0.15, 0.2) is 0 Å². The van der Waals surface area contributed by atoms with Gasteiger partial charge in [0.1, 0.15) is 6.04 Å². The molecule has 2 amide bonds. The van der Waals surface area contributed by atoms with Crippen molar-refractivity contribution in [2.24, 2.45) is 0 Å². The van der Waals surface area contributed by atoms with Crippen LogP contribution in [0.1, 0.15) is 30.9 Å². The van der Waals surface area contributed by atoms with Crippen molar-refractivity contribution in [3.8, 4) is 0 Å². The largest absolute Gasteiger partial charge is 0.379 e. The molecule has 1 aromatic rings. The molecule has 0 aliphatic carbocycles. The van der Waals surface area contributed by atoms with Gasteiger partial charge in [-0.05, 0) is 18.4 Å². The van der Waals surface area contributed by atoms with E-state index in [-0.39, 0.29) is 24.9 Å². The Morgan fingerprint density at radius 2 is 1.52 bits per heavy atom. The van der Waals surface area contributed by atoms with Crippen LogP contribution in [0.2, 0.25) is 0 Å². The molecule has 0 bridgehead atoms. The van der Waals surface area contributed by atoms with Gasteiger partial charge in [-0.3, -0.25) is 9.59 Å². The minimum Gasteiger partial charge on any atom is -0.379 e. The van der Waals surface area contributed by atoms with E-state index in [4.69, 9.17) is 4.74 Å². The summed E-state index contributed by atoms with van der Waals surface area (Å²) in [7, 11) is -3.55. The monoisotopic (exact) mass is 450 g/mol. The number of piperidine rings is 1. The molecule has 0 saturated carbocycles. The van der Waals surface area contributed by atoms with Gasteiger partial charge < -0.3 is 14.5 Å². The fraction of sp³-hybridized carbons (Fsp3) is 0.619. The van der Waals surface area contributed by atoms with Gasteiger partial charge in [0.05, 0.1) is 13.2 Å². The Morgan fingerprint density at radius 3 is 2.16 bits per heavy atom. The molecule has 0 spiro atoms. The molecule has 10 heteroatoms. The van der Waals surface area contributed by atoms with Gasteiger partial charge >= 0.3 is 0 Å². The average Bonchev–Trinajstić information content (AvgIpc) is 2.82. The van der Waals surface area contributed by atoms with E-state index in [1.165, 1.54) is 8.61 Å². The minimum atomic E-state index is -3.55. The van der Waals surface area contributed by atoms with Crippen LogP contribution in [0, 0.1) is 0 Å². The summed E-state index contributed by atoms with van der Waals surface area (Å²) in [5, 5.41) is 0. The predicted octanol–water partition coefficient (Wildman–Crippen LogP) is 0.461. The number of piperazine rings is 1. The Hall–Kier alpha value is -2.01.